The molecule has 20 heavy (non-hydrogen) atoms. The number of piperazine rings is 1. The molecule has 0 amide bonds. The van der Waals surface area contributed by atoms with E-state index >= 15 is 0 Å². The van der Waals surface area contributed by atoms with Crippen LogP contribution in [0, 0.1) is 0 Å². The number of hydrogen-bond acceptors (Lipinski definition) is 4. The van der Waals surface area contributed by atoms with Crippen LogP contribution in [0.3, 0.4) is 0 Å². The predicted molar refractivity (Wildman–Crippen MR) is 78.3 cm³/mol. The molecule has 1 atom stereocenters. The average Bonchev–Trinajstić information content (AvgIpc) is 3.12. The van der Waals surface area contributed by atoms with Crippen LogP contribution in [0.2, 0.25) is 0 Å². The number of aromatic nitrogens is 2. The molecule has 3 rings (SSSR count). The van der Waals surface area contributed by atoms with Crippen molar-refractivity contribution < 1.29 is 5.11 Å². The van der Waals surface area contributed by atoms with Crippen molar-refractivity contribution in [3.05, 3.63) is 18.0 Å². The van der Waals surface area contributed by atoms with E-state index in [1.165, 1.54) is 31.4 Å². The van der Waals surface area contributed by atoms with Crippen LogP contribution >= 0.6 is 0 Å². The summed E-state index contributed by atoms with van der Waals surface area (Å²) in [5.74, 6) is 0. The van der Waals surface area contributed by atoms with E-state index in [4.69, 9.17) is 0 Å². The first-order chi connectivity index (χ1) is 9.86. The Kier molecular flexibility index (Phi) is 4.70. The summed E-state index contributed by atoms with van der Waals surface area (Å²) in [6.07, 6.45) is 8.17. The third kappa shape index (κ3) is 3.22. The van der Waals surface area contributed by atoms with E-state index < -0.39 is 0 Å². The molecule has 1 saturated carbocycles. The molecule has 5 nitrogen and oxygen atoms in total. The molecule has 2 N–H and O–H groups in total. The van der Waals surface area contributed by atoms with Gasteiger partial charge in [0.05, 0.1) is 0 Å². The van der Waals surface area contributed by atoms with Gasteiger partial charge in [-0.1, -0.05) is 12.8 Å². The Morgan fingerprint density at radius 2 is 2.15 bits per heavy atom. The summed E-state index contributed by atoms with van der Waals surface area (Å²) in [7, 11) is 0. The second-order valence-electron chi connectivity index (χ2n) is 6.16. The van der Waals surface area contributed by atoms with Gasteiger partial charge in [-0.05, 0) is 25.3 Å². The molecule has 112 valence electrons. The Balaban J connectivity index is 1.59. The van der Waals surface area contributed by atoms with Crippen LogP contribution in [0.15, 0.2) is 12.3 Å². The molecule has 5 heteroatoms. The van der Waals surface area contributed by atoms with Crippen LogP contribution in [0.4, 0.5) is 0 Å². The number of aliphatic hydroxyl groups is 1. The fourth-order valence-corrected chi connectivity index (χ4v) is 3.81. The van der Waals surface area contributed by atoms with Gasteiger partial charge in [-0.2, -0.15) is 5.10 Å². The Bertz CT molecular complexity index is 389. The number of rotatable bonds is 5. The van der Waals surface area contributed by atoms with Crippen molar-refractivity contribution in [2.75, 3.05) is 26.2 Å². The average molecular weight is 278 g/mol. The SMILES string of the molecule is OCC[C@H]1CN(Cc2ccn[nH]2)CCN1C1CCCC1. The fourth-order valence-electron chi connectivity index (χ4n) is 3.81. The fraction of sp³-hybridized carbons (Fsp3) is 0.800. The number of aliphatic hydroxyl groups excluding tert-OH is 1. The van der Waals surface area contributed by atoms with E-state index in [9.17, 15) is 5.11 Å². The quantitative estimate of drug-likeness (QED) is 0.850. The van der Waals surface area contributed by atoms with Crippen LogP contribution in [-0.4, -0.2) is 63.4 Å². The van der Waals surface area contributed by atoms with Crippen molar-refractivity contribution in [1.29, 1.82) is 0 Å². The molecule has 2 aliphatic rings. The molecule has 1 aliphatic carbocycles. The van der Waals surface area contributed by atoms with Crippen LogP contribution in [0.1, 0.15) is 37.8 Å². The van der Waals surface area contributed by atoms with Gasteiger partial charge in [0.25, 0.3) is 0 Å². The normalized spacial score (nSPS) is 26.4. The zero-order chi connectivity index (χ0) is 13.8. The van der Waals surface area contributed by atoms with E-state index in [1.54, 1.807) is 0 Å². The van der Waals surface area contributed by atoms with Crippen molar-refractivity contribution in [3.8, 4) is 0 Å². The van der Waals surface area contributed by atoms with Gasteiger partial charge in [0.1, 0.15) is 0 Å². The second-order valence-corrected chi connectivity index (χ2v) is 6.16. The molecule has 1 aliphatic heterocycles. The van der Waals surface area contributed by atoms with Crippen molar-refractivity contribution >= 4 is 0 Å². The Morgan fingerprint density at radius 3 is 2.85 bits per heavy atom. The summed E-state index contributed by atoms with van der Waals surface area (Å²) in [6.45, 7) is 4.57. The number of H-pyrrole nitrogens is 1. The highest BCUT2D eigenvalue weighted by molar-refractivity contribution is 4.98. The molecule has 2 heterocycles. The molecular formula is C15H26N4O. The maximum absolute atomic E-state index is 9.36. The van der Waals surface area contributed by atoms with E-state index in [-0.39, 0.29) is 0 Å². The molecule has 2 fully saturated rings. The molecule has 1 aromatic heterocycles. The van der Waals surface area contributed by atoms with Crippen molar-refractivity contribution in [3.63, 3.8) is 0 Å². The zero-order valence-electron chi connectivity index (χ0n) is 12.2. The number of nitrogens with zero attached hydrogens (tertiary/aromatic N) is 3. The van der Waals surface area contributed by atoms with Crippen molar-refractivity contribution in [1.82, 2.24) is 20.0 Å². The number of hydrogen-bond donors (Lipinski definition) is 2. The molecule has 0 unspecified atom stereocenters. The van der Waals surface area contributed by atoms with E-state index in [2.05, 4.69) is 20.0 Å². The van der Waals surface area contributed by atoms with Crippen LogP contribution in [0.25, 0.3) is 0 Å². The molecular weight excluding hydrogens is 252 g/mol. The van der Waals surface area contributed by atoms with Gasteiger partial charge in [0, 0.05) is 56.8 Å². The Labute approximate surface area is 121 Å². The first-order valence-corrected chi connectivity index (χ1v) is 7.94. The van der Waals surface area contributed by atoms with Gasteiger partial charge in [0.2, 0.25) is 0 Å². The Morgan fingerprint density at radius 1 is 1.30 bits per heavy atom. The van der Waals surface area contributed by atoms with E-state index in [1.807, 2.05) is 12.3 Å². The van der Waals surface area contributed by atoms with Gasteiger partial charge >= 0.3 is 0 Å². The lowest BCUT2D eigenvalue weighted by molar-refractivity contribution is 0.0263. The largest absolute Gasteiger partial charge is 0.396 e. The standard InChI is InChI=1S/C15H26N4O/c20-10-6-15-12-18(11-13-5-7-16-17-13)8-9-19(15)14-3-1-2-4-14/h5,7,14-15,20H,1-4,6,8-12H2,(H,16,17)/t15-/m0/s1. The van der Waals surface area contributed by atoms with Gasteiger partial charge in [-0.25, -0.2) is 0 Å². The lowest BCUT2D eigenvalue weighted by Gasteiger charge is -2.44. The van der Waals surface area contributed by atoms with Crippen LogP contribution < -0.4 is 0 Å². The van der Waals surface area contributed by atoms with Crippen molar-refractivity contribution in [2.24, 2.45) is 0 Å². The lowest BCUT2D eigenvalue weighted by Crippen LogP contribution is -2.56. The summed E-state index contributed by atoms with van der Waals surface area (Å²) < 4.78 is 0. The third-order valence-corrected chi connectivity index (χ3v) is 4.82. The van der Waals surface area contributed by atoms with Crippen LogP contribution in [-0.2, 0) is 6.54 Å². The lowest BCUT2D eigenvalue weighted by atomic mass is 10.0. The van der Waals surface area contributed by atoms with Gasteiger partial charge in [0.15, 0.2) is 0 Å². The molecule has 0 spiro atoms. The summed E-state index contributed by atoms with van der Waals surface area (Å²) in [6, 6.07) is 3.32. The minimum Gasteiger partial charge on any atom is -0.396 e. The maximum atomic E-state index is 9.36. The minimum atomic E-state index is 0.297. The minimum absolute atomic E-state index is 0.297. The molecule has 0 aromatic carbocycles. The molecule has 0 radical (unpaired) electrons. The first-order valence-electron chi connectivity index (χ1n) is 7.94. The monoisotopic (exact) mass is 278 g/mol. The smallest absolute Gasteiger partial charge is 0.0492 e. The van der Waals surface area contributed by atoms with E-state index in [0.29, 0.717) is 12.6 Å². The summed E-state index contributed by atoms with van der Waals surface area (Å²) in [5, 5.41) is 16.4. The van der Waals surface area contributed by atoms with Gasteiger partial charge in [-0.3, -0.25) is 14.9 Å². The molecule has 0 bridgehead atoms. The summed E-state index contributed by atoms with van der Waals surface area (Å²) in [4.78, 5) is 5.16. The topological polar surface area (TPSA) is 55.4 Å². The molecule has 1 aromatic rings. The molecule has 1 saturated heterocycles. The second kappa shape index (κ2) is 6.70. The maximum Gasteiger partial charge on any atom is 0.0492 e. The highest BCUT2D eigenvalue weighted by Gasteiger charge is 2.32. The van der Waals surface area contributed by atoms with Gasteiger partial charge < -0.3 is 5.11 Å². The summed E-state index contributed by atoms with van der Waals surface area (Å²) in [5.41, 5.74) is 1.18. The van der Waals surface area contributed by atoms with E-state index in [0.717, 1.165) is 38.6 Å². The Hall–Kier alpha value is -0.910. The zero-order valence-corrected chi connectivity index (χ0v) is 12.2. The summed E-state index contributed by atoms with van der Waals surface area (Å²) >= 11 is 0. The van der Waals surface area contributed by atoms with Gasteiger partial charge in [-0.15, -0.1) is 0 Å². The number of nitrogens with one attached hydrogen (secondary N) is 1. The predicted octanol–water partition coefficient (Wildman–Crippen LogP) is 1.22. The third-order valence-electron chi connectivity index (χ3n) is 4.82. The number of aromatic amines is 1. The first kappa shape index (κ1) is 14.0. The highest BCUT2D eigenvalue weighted by Crippen LogP contribution is 2.28. The van der Waals surface area contributed by atoms with Crippen molar-refractivity contribution in [2.45, 2.75) is 50.7 Å². The van der Waals surface area contributed by atoms with Crippen LogP contribution in [0.5, 0.6) is 0 Å². The highest BCUT2D eigenvalue weighted by atomic mass is 16.3.